The molecule has 1 unspecified atom stereocenters. The zero-order valence-corrected chi connectivity index (χ0v) is 10.2. The van der Waals surface area contributed by atoms with Gasteiger partial charge < -0.3 is 16.0 Å². The maximum Gasteiger partial charge on any atom is 0.240 e. The minimum Gasteiger partial charge on any atom is -0.338 e. The molecule has 4 N–H and O–H groups in total. The molecule has 0 spiro atoms. The fourth-order valence-electron chi connectivity index (χ4n) is 1.38. The number of halogens is 2. The van der Waals surface area contributed by atoms with E-state index < -0.39 is 6.04 Å². The van der Waals surface area contributed by atoms with Gasteiger partial charge in [0.05, 0.1) is 12.6 Å². The molecule has 0 saturated heterocycles. The van der Waals surface area contributed by atoms with Gasteiger partial charge in [-0.15, -0.1) is 0 Å². The largest absolute Gasteiger partial charge is 0.338 e. The Morgan fingerprint density at radius 3 is 2.41 bits per heavy atom. The molecular formula is C10H10Cl2N4O. The molecule has 0 fully saturated rings. The molecule has 0 amide bonds. The van der Waals surface area contributed by atoms with Gasteiger partial charge in [0.25, 0.3) is 0 Å². The molecule has 7 heteroatoms. The highest BCUT2D eigenvalue weighted by Crippen LogP contribution is 2.25. The summed E-state index contributed by atoms with van der Waals surface area (Å²) < 4.78 is 4.88. The Hall–Kier alpha value is -1.14. The number of nitrogens with zero attached hydrogens (tertiary/aromatic N) is 2. The third-order valence-corrected chi connectivity index (χ3v) is 2.62. The summed E-state index contributed by atoms with van der Waals surface area (Å²) in [5.74, 6) is 0.687. The van der Waals surface area contributed by atoms with Crippen molar-refractivity contribution < 1.29 is 4.52 Å². The summed E-state index contributed by atoms with van der Waals surface area (Å²) in [6.07, 6.45) is 0. The van der Waals surface area contributed by atoms with Crippen LogP contribution in [0.15, 0.2) is 22.7 Å². The van der Waals surface area contributed by atoms with Crippen LogP contribution in [0, 0.1) is 0 Å². The highest BCUT2D eigenvalue weighted by molar-refractivity contribution is 6.34. The molecular weight excluding hydrogens is 263 g/mol. The van der Waals surface area contributed by atoms with E-state index in [0.717, 1.165) is 0 Å². The molecule has 2 aromatic rings. The third kappa shape index (κ3) is 2.76. The second-order valence-electron chi connectivity index (χ2n) is 3.43. The van der Waals surface area contributed by atoms with E-state index in [1.807, 2.05) is 0 Å². The average molecular weight is 273 g/mol. The lowest BCUT2D eigenvalue weighted by molar-refractivity contribution is 0.373. The van der Waals surface area contributed by atoms with Crippen molar-refractivity contribution >= 4 is 23.2 Å². The summed E-state index contributed by atoms with van der Waals surface area (Å²) in [4.78, 5) is 4.05. The Kier molecular flexibility index (Phi) is 3.63. The fourth-order valence-corrected chi connectivity index (χ4v) is 1.92. The van der Waals surface area contributed by atoms with Crippen LogP contribution in [-0.4, -0.2) is 10.1 Å². The Labute approximate surface area is 108 Å². The number of hydrogen-bond donors (Lipinski definition) is 2. The molecule has 0 saturated carbocycles. The van der Waals surface area contributed by atoms with E-state index >= 15 is 0 Å². The van der Waals surface area contributed by atoms with Gasteiger partial charge in [0.2, 0.25) is 5.89 Å². The lowest BCUT2D eigenvalue weighted by Crippen LogP contribution is -2.13. The van der Waals surface area contributed by atoms with Crippen molar-refractivity contribution in [2.75, 3.05) is 0 Å². The average Bonchev–Trinajstić information content (AvgIpc) is 2.75. The first-order chi connectivity index (χ1) is 8.10. The van der Waals surface area contributed by atoms with Gasteiger partial charge >= 0.3 is 0 Å². The van der Waals surface area contributed by atoms with E-state index in [0.29, 0.717) is 27.3 Å². The van der Waals surface area contributed by atoms with E-state index in [-0.39, 0.29) is 6.54 Å². The molecule has 1 heterocycles. The quantitative estimate of drug-likeness (QED) is 0.890. The zero-order chi connectivity index (χ0) is 12.4. The molecule has 0 aliphatic carbocycles. The standard InChI is InChI=1S/C10H10Cl2N4O/c11-6-1-5(2-7(12)3-6)9(14)10-15-8(4-13)17-16-10/h1-3,9H,4,13-14H2. The van der Waals surface area contributed by atoms with Crippen LogP contribution in [0.4, 0.5) is 0 Å². The van der Waals surface area contributed by atoms with Crippen molar-refractivity contribution in [3.8, 4) is 0 Å². The molecule has 1 aromatic carbocycles. The molecule has 0 aliphatic rings. The number of hydrogen-bond acceptors (Lipinski definition) is 5. The summed E-state index contributed by atoms with van der Waals surface area (Å²) >= 11 is 11.8. The molecule has 0 aliphatic heterocycles. The van der Waals surface area contributed by atoms with Gasteiger partial charge in [-0.3, -0.25) is 0 Å². The summed E-state index contributed by atoms with van der Waals surface area (Å²) in [6, 6.07) is 4.49. The normalized spacial score (nSPS) is 12.7. The van der Waals surface area contributed by atoms with E-state index in [9.17, 15) is 0 Å². The highest BCUT2D eigenvalue weighted by Gasteiger charge is 2.16. The lowest BCUT2D eigenvalue weighted by atomic mass is 10.1. The number of rotatable bonds is 3. The van der Waals surface area contributed by atoms with Gasteiger partial charge in [-0.1, -0.05) is 28.4 Å². The van der Waals surface area contributed by atoms with Crippen LogP contribution >= 0.6 is 23.2 Å². The topological polar surface area (TPSA) is 91.0 Å². The van der Waals surface area contributed by atoms with Gasteiger partial charge in [0, 0.05) is 10.0 Å². The van der Waals surface area contributed by atoms with Crippen molar-refractivity contribution in [3.63, 3.8) is 0 Å². The van der Waals surface area contributed by atoms with Gasteiger partial charge in [0.1, 0.15) is 0 Å². The SMILES string of the molecule is NCc1nc(C(N)c2cc(Cl)cc(Cl)c2)no1. The van der Waals surface area contributed by atoms with Crippen LogP contribution in [0.5, 0.6) is 0 Å². The second-order valence-corrected chi connectivity index (χ2v) is 4.30. The Bertz CT molecular complexity index is 509. The lowest BCUT2D eigenvalue weighted by Gasteiger charge is -2.08. The first-order valence-corrected chi connectivity index (χ1v) is 5.60. The van der Waals surface area contributed by atoms with Crippen LogP contribution in [0.1, 0.15) is 23.3 Å². The van der Waals surface area contributed by atoms with Crippen molar-refractivity contribution in [1.82, 2.24) is 10.1 Å². The predicted octanol–water partition coefficient (Wildman–Crippen LogP) is 1.88. The van der Waals surface area contributed by atoms with E-state index in [1.165, 1.54) is 0 Å². The molecule has 17 heavy (non-hydrogen) atoms. The zero-order valence-electron chi connectivity index (χ0n) is 8.73. The van der Waals surface area contributed by atoms with Crippen molar-refractivity contribution in [3.05, 3.63) is 45.5 Å². The van der Waals surface area contributed by atoms with Crippen molar-refractivity contribution in [2.45, 2.75) is 12.6 Å². The van der Waals surface area contributed by atoms with Crippen molar-refractivity contribution in [2.24, 2.45) is 11.5 Å². The summed E-state index contributed by atoms with van der Waals surface area (Å²) in [5.41, 5.74) is 12.1. The third-order valence-electron chi connectivity index (χ3n) is 2.18. The van der Waals surface area contributed by atoms with Gasteiger partial charge in [-0.05, 0) is 23.8 Å². The van der Waals surface area contributed by atoms with Crippen LogP contribution in [-0.2, 0) is 6.54 Å². The van der Waals surface area contributed by atoms with E-state index in [4.69, 9.17) is 39.2 Å². The first kappa shape index (κ1) is 12.3. The van der Waals surface area contributed by atoms with Crippen LogP contribution in [0.25, 0.3) is 0 Å². The maximum absolute atomic E-state index is 5.98. The van der Waals surface area contributed by atoms with Crippen LogP contribution < -0.4 is 11.5 Å². The molecule has 90 valence electrons. The summed E-state index contributed by atoms with van der Waals surface area (Å²) in [5, 5.41) is 4.76. The summed E-state index contributed by atoms with van der Waals surface area (Å²) in [6.45, 7) is 0.177. The first-order valence-electron chi connectivity index (χ1n) is 4.84. The Morgan fingerprint density at radius 1 is 1.24 bits per heavy atom. The van der Waals surface area contributed by atoms with Gasteiger partial charge in [-0.25, -0.2) is 0 Å². The Balaban J connectivity index is 2.32. The van der Waals surface area contributed by atoms with Crippen molar-refractivity contribution in [1.29, 1.82) is 0 Å². The predicted molar refractivity (Wildman–Crippen MR) is 64.7 cm³/mol. The van der Waals surface area contributed by atoms with E-state index in [2.05, 4.69) is 10.1 Å². The molecule has 5 nitrogen and oxygen atoms in total. The minimum atomic E-state index is -0.546. The smallest absolute Gasteiger partial charge is 0.240 e. The maximum atomic E-state index is 5.98. The van der Waals surface area contributed by atoms with Gasteiger partial charge in [-0.2, -0.15) is 4.98 Å². The monoisotopic (exact) mass is 272 g/mol. The fraction of sp³-hybridized carbons (Fsp3) is 0.200. The second kappa shape index (κ2) is 5.01. The summed E-state index contributed by atoms with van der Waals surface area (Å²) in [7, 11) is 0. The molecule has 2 rings (SSSR count). The molecule has 0 radical (unpaired) electrons. The van der Waals surface area contributed by atoms with Crippen LogP contribution in [0.3, 0.4) is 0 Å². The number of benzene rings is 1. The number of aromatic nitrogens is 2. The highest BCUT2D eigenvalue weighted by atomic mass is 35.5. The Morgan fingerprint density at radius 2 is 1.88 bits per heavy atom. The number of nitrogens with two attached hydrogens (primary N) is 2. The molecule has 1 atom stereocenters. The molecule has 1 aromatic heterocycles. The van der Waals surface area contributed by atoms with Gasteiger partial charge in [0.15, 0.2) is 5.82 Å². The minimum absolute atomic E-state index is 0.177. The molecule has 0 bridgehead atoms. The van der Waals surface area contributed by atoms with E-state index in [1.54, 1.807) is 18.2 Å². The van der Waals surface area contributed by atoms with Crippen LogP contribution in [0.2, 0.25) is 10.0 Å².